The Kier molecular flexibility index (Phi) is 3.76. The molecule has 0 saturated heterocycles. The Morgan fingerprint density at radius 2 is 2.20 bits per heavy atom. The van der Waals surface area contributed by atoms with E-state index in [0.29, 0.717) is 6.04 Å². The van der Waals surface area contributed by atoms with Crippen molar-refractivity contribution in [2.24, 2.45) is 23.5 Å². The van der Waals surface area contributed by atoms with Gasteiger partial charge in [-0.3, -0.25) is 4.68 Å². The quantitative estimate of drug-likeness (QED) is 0.898. The molecule has 2 fully saturated rings. The van der Waals surface area contributed by atoms with Crippen LogP contribution >= 0.6 is 0 Å². The fourth-order valence-corrected chi connectivity index (χ4v) is 4.38. The van der Waals surface area contributed by atoms with Crippen LogP contribution in [0, 0.1) is 17.8 Å². The fourth-order valence-electron chi connectivity index (χ4n) is 4.38. The third kappa shape index (κ3) is 2.34. The van der Waals surface area contributed by atoms with Crippen molar-refractivity contribution >= 4 is 0 Å². The highest BCUT2D eigenvalue weighted by molar-refractivity contribution is 5.28. The van der Waals surface area contributed by atoms with Crippen LogP contribution in [0.4, 0.5) is 0 Å². The molecule has 4 heteroatoms. The molecule has 3 rings (SSSR count). The van der Waals surface area contributed by atoms with Crippen molar-refractivity contribution in [3.05, 3.63) is 11.9 Å². The predicted molar refractivity (Wildman–Crippen MR) is 79.6 cm³/mol. The van der Waals surface area contributed by atoms with E-state index in [1.54, 1.807) is 13.3 Å². The summed E-state index contributed by atoms with van der Waals surface area (Å²) in [5.41, 5.74) is 7.60. The SMILES string of the molecule is COc1cnn(C(C)C)c1C(N)CC1CC2CCC1C2. The summed E-state index contributed by atoms with van der Waals surface area (Å²) in [5, 5.41) is 4.44. The molecule has 0 aromatic carbocycles. The first-order valence-electron chi connectivity index (χ1n) is 7.97. The number of nitrogens with zero attached hydrogens (tertiary/aromatic N) is 2. The highest BCUT2D eigenvalue weighted by atomic mass is 16.5. The molecular formula is C16H27N3O. The minimum absolute atomic E-state index is 0.0409. The van der Waals surface area contributed by atoms with E-state index in [4.69, 9.17) is 10.5 Å². The van der Waals surface area contributed by atoms with Crippen LogP contribution in [0.2, 0.25) is 0 Å². The molecule has 4 atom stereocenters. The minimum atomic E-state index is 0.0409. The fraction of sp³-hybridized carbons (Fsp3) is 0.812. The Morgan fingerprint density at radius 1 is 1.40 bits per heavy atom. The molecule has 2 bridgehead atoms. The first-order valence-corrected chi connectivity index (χ1v) is 7.97. The summed E-state index contributed by atoms with van der Waals surface area (Å²) in [7, 11) is 1.70. The normalized spacial score (nSPS) is 30.1. The zero-order chi connectivity index (χ0) is 14.3. The van der Waals surface area contributed by atoms with E-state index in [1.807, 2.05) is 4.68 Å². The Hall–Kier alpha value is -1.03. The molecule has 0 radical (unpaired) electrons. The molecule has 2 aliphatic rings. The van der Waals surface area contributed by atoms with Gasteiger partial charge in [0.05, 0.1) is 25.0 Å². The molecule has 2 saturated carbocycles. The van der Waals surface area contributed by atoms with Crippen LogP contribution in [-0.4, -0.2) is 16.9 Å². The van der Waals surface area contributed by atoms with Gasteiger partial charge in [0, 0.05) is 6.04 Å². The molecule has 1 aromatic heterocycles. The number of ether oxygens (including phenoxy) is 1. The average molecular weight is 277 g/mol. The molecule has 20 heavy (non-hydrogen) atoms. The Labute approximate surface area is 121 Å². The zero-order valence-corrected chi connectivity index (χ0v) is 12.9. The summed E-state index contributed by atoms with van der Waals surface area (Å²) >= 11 is 0. The number of hydrogen-bond acceptors (Lipinski definition) is 3. The zero-order valence-electron chi connectivity index (χ0n) is 12.9. The summed E-state index contributed by atoms with van der Waals surface area (Å²) in [6.07, 6.45) is 8.58. The summed E-state index contributed by atoms with van der Waals surface area (Å²) < 4.78 is 7.48. The lowest BCUT2D eigenvalue weighted by Crippen LogP contribution is -2.23. The van der Waals surface area contributed by atoms with Crippen molar-refractivity contribution < 1.29 is 4.74 Å². The van der Waals surface area contributed by atoms with Gasteiger partial charge in [-0.05, 0) is 57.3 Å². The number of rotatable bonds is 5. The monoisotopic (exact) mass is 277 g/mol. The minimum Gasteiger partial charge on any atom is -0.493 e. The molecule has 4 nitrogen and oxygen atoms in total. The highest BCUT2D eigenvalue weighted by Crippen LogP contribution is 2.51. The van der Waals surface area contributed by atoms with E-state index >= 15 is 0 Å². The van der Waals surface area contributed by atoms with Crippen molar-refractivity contribution in [3.8, 4) is 5.75 Å². The second-order valence-electron chi connectivity index (χ2n) is 6.91. The van der Waals surface area contributed by atoms with Gasteiger partial charge in [0.2, 0.25) is 0 Å². The summed E-state index contributed by atoms with van der Waals surface area (Å²) in [6, 6.07) is 0.360. The molecule has 1 aromatic rings. The molecular weight excluding hydrogens is 250 g/mol. The summed E-state index contributed by atoms with van der Waals surface area (Å²) in [6.45, 7) is 4.28. The standard InChI is InChI=1S/C16H27N3O/c1-10(2)19-16(15(20-3)9-18-19)14(17)8-13-7-11-4-5-12(13)6-11/h9-14H,4-8,17H2,1-3H3. The number of aromatic nitrogens is 2. The first-order chi connectivity index (χ1) is 9.60. The van der Waals surface area contributed by atoms with Crippen LogP contribution in [-0.2, 0) is 0 Å². The summed E-state index contributed by atoms with van der Waals surface area (Å²) in [4.78, 5) is 0. The van der Waals surface area contributed by atoms with Crippen LogP contribution < -0.4 is 10.5 Å². The van der Waals surface area contributed by atoms with Crippen LogP contribution in [0.25, 0.3) is 0 Å². The maximum Gasteiger partial charge on any atom is 0.161 e. The Morgan fingerprint density at radius 3 is 2.75 bits per heavy atom. The molecule has 0 spiro atoms. The average Bonchev–Trinajstić information content (AvgIpc) is 3.12. The van der Waals surface area contributed by atoms with Gasteiger partial charge < -0.3 is 10.5 Å². The van der Waals surface area contributed by atoms with E-state index in [-0.39, 0.29) is 6.04 Å². The maximum absolute atomic E-state index is 6.53. The third-order valence-electron chi connectivity index (χ3n) is 5.30. The molecule has 2 aliphatic carbocycles. The molecule has 1 heterocycles. The molecule has 2 N–H and O–H groups in total. The second kappa shape index (κ2) is 5.40. The number of methoxy groups -OCH3 is 1. The van der Waals surface area contributed by atoms with Gasteiger partial charge in [-0.25, -0.2) is 0 Å². The van der Waals surface area contributed by atoms with Gasteiger partial charge in [-0.1, -0.05) is 6.42 Å². The van der Waals surface area contributed by atoms with Gasteiger partial charge in [-0.15, -0.1) is 0 Å². The maximum atomic E-state index is 6.53. The number of nitrogens with two attached hydrogens (primary N) is 1. The van der Waals surface area contributed by atoms with E-state index in [1.165, 1.54) is 25.7 Å². The van der Waals surface area contributed by atoms with E-state index < -0.39 is 0 Å². The van der Waals surface area contributed by atoms with Gasteiger partial charge >= 0.3 is 0 Å². The topological polar surface area (TPSA) is 53.1 Å². The number of fused-ring (bicyclic) bond motifs is 2. The smallest absolute Gasteiger partial charge is 0.161 e. The predicted octanol–water partition coefficient (Wildman–Crippen LogP) is 3.30. The van der Waals surface area contributed by atoms with E-state index in [0.717, 1.165) is 35.6 Å². The van der Waals surface area contributed by atoms with Gasteiger partial charge in [0.1, 0.15) is 0 Å². The van der Waals surface area contributed by atoms with Crippen molar-refractivity contribution in [3.63, 3.8) is 0 Å². The van der Waals surface area contributed by atoms with Crippen LogP contribution in [0.3, 0.4) is 0 Å². The molecule has 4 unspecified atom stereocenters. The van der Waals surface area contributed by atoms with E-state index in [9.17, 15) is 0 Å². The highest BCUT2D eigenvalue weighted by Gasteiger charge is 2.40. The van der Waals surface area contributed by atoms with Crippen molar-refractivity contribution in [2.45, 2.75) is 58.0 Å². The van der Waals surface area contributed by atoms with Gasteiger partial charge in [-0.2, -0.15) is 5.10 Å². The molecule has 112 valence electrons. The Bertz CT molecular complexity index is 468. The van der Waals surface area contributed by atoms with Gasteiger partial charge in [0.25, 0.3) is 0 Å². The Balaban J connectivity index is 1.76. The third-order valence-corrected chi connectivity index (χ3v) is 5.30. The van der Waals surface area contributed by atoms with Crippen LogP contribution in [0.5, 0.6) is 5.75 Å². The van der Waals surface area contributed by atoms with Crippen LogP contribution in [0.1, 0.15) is 63.7 Å². The first kappa shape index (κ1) is 13.9. The number of hydrogen-bond donors (Lipinski definition) is 1. The largest absolute Gasteiger partial charge is 0.493 e. The lowest BCUT2D eigenvalue weighted by molar-refractivity contribution is 0.287. The van der Waals surface area contributed by atoms with Crippen molar-refractivity contribution in [1.29, 1.82) is 0 Å². The van der Waals surface area contributed by atoms with Crippen molar-refractivity contribution in [2.75, 3.05) is 7.11 Å². The van der Waals surface area contributed by atoms with E-state index in [2.05, 4.69) is 18.9 Å². The molecule has 0 amide bonds. The molecule has 0 aliphatic heterocycles. The lowest BCUT2D eigenvalue weighted by Gasteiger charge is -2.26. The van der Waals surface area contributed by atoms with Gasteiger partial charge in [0.15, 0.2) is 5.75 Å². The van der Waals surface area contributed by atoms with Crippen LogP contribution in [0.15, 0.2) is 6.20 Å². The van der Waals surface area contributed by atoms with Crippen molar-refractivity contribution in [1.82, 2.24) is 9.78 Å². The second-order valence-corrected chi connectivity index (χ2v) is 6.91. The summed E-state index contributed by atoms with van der Waals surface area (Å²) in [5.74, 6) is 3.56. The lowest BCUT2D eigenvalue weighted by atomic mass is 9.83.